The van der Waals surface area contributed by atoms with Crippen molar-refractivity contribution in [3.8, 4) is 0 Å². The van der Waals surface area contributed by atoms with E-state index in [0.29, 0.717) is 6.04 Å². The molecule has 0 saturated heterocycles. The Bertz CT molecular complexity index is 375. The zero-order chi connectivity index (χ0) is 14.6. The van der Waals surface area contributed by atoms with Crippen LogP contribution in [0.5, 0.6) is 0 Å². The highest BCUT2D eigenvalue weighted by molar-refractivity contribution is 7.99. The van der Waals surface area contributed by atoms with Crippen molar-refractivity contribution in [3.05, 3.63) is 42.5 Å². The normalized spacial score (nSPS) is 12.3. The van der Waals surface area contributed by atoms with E-state index in [1.807, 2.05) is 17.8 Å². The van der Waals surface area contributed by atoms with Gasteiger partial charge in [-0.25, -0.2) is 0 Å². The first-order valence-electron chi connectivity index (χ1n) is 7.80. The van der Waals surface area contributed by atoms with Crippen molar-refractivity contribution < 1.29 is 0 Å². The summed E-state index contributed by atoms with van der Waals surface area (Å²) < 4.78 is 0. The average Bonchev–Trinajstić information content (AvgIpc) is 2.44. The Morgan fingerprint density at radius 2 is 2.15 bits per heavy atom. The zero-order valence-electron chi connectivity index (χ0n) is 13.0. The van der Waals surface area contributed by atoms with E-state index in [1.54, 1.807) is 0 Å². The molecule has 0 aromatic heterocycles. The third-order valence-corrected chi connectivity index (χ3v) is 4.55. The molecule has 0 aliphatic carbocycles. The molecule has 0 fully saturated rings. The minimum Gasteiger partial charge on any atom is -0.313 e. The Hall–Kier alpha value is -0.730. The number of unbranched alkanes of at least 4 members (excludes halogenated alkanes) is 3. The van der Waals surface area contributed by atoms with Crippen LogP contribution in [0.4, 0.5) is 0 Å². The summed E-state index contributed by atoms with van der Waals surface area (Å²) >= 11 is 1.97. The number of hydrogen-bond acceptors (Lipinski definition) is 2. The Morgan fingerprint density at radius 3 is 2.85 bits per heavy atom. The van der Waals surface area contributed by atoms with E-state index in [4.69, 9.17) is 0 Å². The fourth-order valence-electron chi connectivity index (χ4n) is 2.29. The lowest BCUT2D eigenvalue weighted by atomic mass is 10.1. The standard InChI is InChI=1S/C18H29NS/c1-4-6-7-8-9-12-17(19-5-2)15-20-18-13-10-11-16(3)14-18/h4,10-11,13-14,17,19H,1,5-9,12,15H2,2-3H3. The predicted octanol–water partition coefficient (Wildman–Crippen LogP) is 5.20. The third kappa shape index (κ3) is 7.76. The molecular formula is C18H29NS. The number of rotatable bonds is 11. The van der Waals surface area contributed by atoms with Gasteiger partial charge in [0.1, 0.15) is 0 Å². The third-order valence-electron chi connectivity index (χ3n) is 3.39. The topological polar surface area (TPSA) is 12.0 Å². The molecule has 1 nitrogen and oxygen atoms in total. The smallest absolute Gasteiger partial charge is 0.0161 e. The SMILES string of the molecule is C=CCCCCCC(CSc1cccc(C)c1)NCC. The Kier molecular flexibility index (Phi) is 9.52. The lowest BCUT2D eigenvalue weighted by Crippen LogP contribution is -2.31. The van der Waals surface area contributed by atoms with Crippen molar-refractivity contribution in [3.63, 3.8) is 0 Å². The van der Waals surface area contributed by atoms with Crippen LogP contribution in [0.25, 0.3) is 0 Å². The van der Waals surface area contributed by atoms with Crippen LogP contribution in [-0.4, -0.2) is 18.3 Å². The van der Waals surface area contributed by atoms with E-state index in [-0.39, 0.29) is 0 Å². The highest BCUT2D eigenvalue weighted by atomic mass is 32.2. The van der Waals surface area contributed by atoms with Crippen molar-refractivity contribution in [2.75, 3.05) is 12.3 Å². The summed E-state index contributed by atoms with van der Waals surface area (Å²) in [5, 5.41) is 3.62. The van der Waals surface area contributed by atoms with Gasteiger partial charge in [-0.2, -0.15) is 0 Å². The molecule has 2 heteroatoms. The van der Waals surface area contributed by atoms with Crippen molar-refractivity contribution in [1.82, 2.24) is 5.32 Å². The quantitative estimate of drug-likeness (QED) is 0.341. The van der Waals surface area contributed by atoms with Crippen LogP contribution >= 0.6 is 11.8 Å². The molecule has 1 N–H and O–H groups in total. The van der Waals surface area contributed by atoms with Gasteiger partial charge in [0.25, 0.3) is 0 Å². The van der Waals surface area contributed by atoms with Crippen LogP contribution in [0.15, 0.2) is 41.8 Å². The molecule has 0 aliphatic rings. The molecule has 1 aromatic carbocycles. The summed E-state index contributed by atoms with van der Waals surface area (Å²) in [5.41, 5.74) is 1.35. The predicted molar refractivity (Wildman–Crippen MR) is 92.6 cm³/mol. The summed E-state index contributed by atoms with van der Waals surface area (Å²) in [6.07, 6.45) is 8.39. The minimum atomic E-state index is 0.634. The van der Waals surface area contributed by atoms with Gasteiger partial charge in [-0.3, -0.25) is 0 Å². The van der Waals surface area contributed by atoms with Gasteiger partial charge in [0.2, 0.25) is 0 Å². The number of aryl methyl sites for hydroxylation is 1. The second-order valence-corrected chi connectivity index (χ2v) is 6.40. The van der Waals surface area contributed by atoms with E-state index in [1.165, 1.54) is 41.9 Å². The molecule has 1 unspecified atom stereocenters. The molecule has 112 valence electrons. The van der Waals surface area contributed by atoms with Gasteiger partial charge < -0.3 is 5.32 Å². The monoisotopic (exact) mass is 291 g/mol. The fourth-order valence-corrected chi connectivity index (χ4v) is 3.41. The van der Waals surface area contributed by atoms with Crippen LogP contribution in [0.2, 0.25) is 0 Å². The summed E-state index contributed by atoms with van der Waals surface area (Å²) in [5.74, 6) is 1.17. The van der Waals surface area contributed by atoms with Crippen molar-refractivity contribution >= 4 is 11.8 Å². The van der Waals surface area contributed by atoms with Gasteiger partial charge in [0.05, 0.1) is 0 Å². The lowest BCUT2D eigenvalue weighted by Gasteiger charge is -2.17. The maximum atomic E-state index is 3.78. The maximum Gasteiger partial charge on any atom is 0.0161 e. The molecule has 1 aromatic rings. The minimum absolute atomic E-state index is 0.634. The summed E-state index contributed by atoms with van der Waals surface area (Å²) in [7, 11) is 0. The molecular weight excluding hydrogens is 262 g/mol. The lowest BCUT2D eigenvalue weighted by molar-refractivity contribution is 0.502. The van der Waals surface area contributed by atoms with Gasteiger partial charge in [0.15, 0.2) is 0 Å². The molecule has 0 amide bonds. The van der Waals surface area contributed by atoms with Gasteiger partial charge in [-0.05, 0) is 44.9 Å². The van der Waals surface area contributed by atoms with Crippen molar-refractivity contribution in [2.24, 2.45) is 0 Å². The molecule has 1 rings (SSSR count). The van der Waals surface area contributed by atoms with E-state index in [2.05, 4.69) is 50.0 Å². The van der Waals surface area contributed by atoms with Crippen LogP contribution in [0.3, 0.4) is 0 Å². The number of benzene rings is 1. The number of allylic oxidation sites excluding steroid dienone is 1. The van der Waals surface area contributed by atoms with Crippen LogP contribution in [-0.2, 0) is 0 Å². The zero-order valence-corrected chi connectivity index (χ0v) is 13.8. The molecule has 0 spiro atoms. The number of thioether (sulfide) groups is 1. The van der Waals surface area contributed by atoms with E-state index < -0.39 is 0 Å². The molecule has 0 saturated carbocycles. The largest absolute Gasteiger partial charge is 0.313 e. The molecule has 1 atom stereocenters. The fraction of sp³-hybridized carbons (Fsp3) is 0.556. The summed E-state index contributed by atoms with van der Waals surface area (Å²) in [6, 6.07) is 9.43. The van der Waals surface area contributed by atoms with Crippen LogP contribution in [0, 0.1) is 6.92 Å². The van der Waals surface area contributed by atoms with Crippen molar-refractivity contribution in [2.45, 2.75) is 56.9 Å². The number of hydrogen-bond donors (Lipinski definition) is 1. The molecule has 20 heavy (non-hydrogen) atoms. The van der Waals surface area contributed by atoms with Gasteiger partial charge in [0, 0.05) is 16.7 Å². The molecule has 0 aliphatic heterocycles. The Labute approximate surface area is 129 Å². The van der Waals surface area contributed by atoms with Gasteiger partial charge >= 0.3 is 0 Å². The number of nitrogens with one attached hydrogen (secondary N) is 1. The van der Waals surface area contributed by atoms with E-state index >= 15 is 0 Å². The highest BCUT2D eigenvalue weighted by Gasteiger charge is 2.07. The first-order chi connectivity index (χ1) is 9.76. The average molecular weight is 292 g/mol. The maximum absolute atomic E-state index is 3.78. The van der Waals surface area contributed by atoms with Gasteiger partial charge in [-0.15, -0.1) is 18.3 Å². The highest BCUT2D eigenvalue weighted by Crippen LogP contribution is 2.21. The van der Waals surface area contributed by atoms with E-state index in [9.17, 15) is 0 Å². The summed E-state index contributed by atoms with van der Waals surface area (Å²) in [6.45, 7) is 9.19. The van der Waals surface area contributed by atoms with Crippen LogP contribution in [0.1, 0.15) is 44.6 Å². The van der Waals surface area contributed by atoms with E-state index in [0.717, 1.165) is 13.0 Å². The van der Waals surface area contributed by atoms with Gasteiger partial charge in [-0.1, -0.05) is 43.5 Å². The van der Waals surface area contributed by atoms with Crippen molar-refractivity contribution in [1.29, 1.82) is 0 Å². The Morgan fingerprint density at radius 1 is 1.30 bits per heavy atom. The summed E-state index contributed by atoms with van der Waals surface area (Å²) in [4.78, 5) is 1.39. The first kappa shape index (κ1) is 17.3. The molecule has 0 radical (unpaired) electrons. The Balaban J connectivity index is 2.29. The second-order valence-electron chi connectivity index (χ2n) is 5.31. The first-order valence-corrected chi connectivity index (χ1v) is 8.78. The molecule has 0 bridgehead atoms. The second kappa shape index (κ2) is 11.0. The molecule has 0 heterocycles. The van der Waals surface area contributed by atoms with Crippen LogP contribution < -0.4 is 5.32 Å².